The number of carbonyl (C=O) groups is 2. The first kappa shape index (κ1) is 18.6. The Bertz CT molecular complexity index is 891. The second-order valence-corrected chi connectivity index (χ2v) is 8.27. The minimum Gasteiger partial charge on any atom is -0.325 e. The molecule has 2 amide bonds. The van der Waals surface area contributed by atoms with Gasteiger partial charge in [-0.15, -0.1) is 34.4 Å². The number of nitrogens with zero attached hydrogens (tertiary/aromatic N) is 1. The largest absolute Gasteiger partial charge is 0.325 e. The Morgan fingerprint density at radius 2 is 1.88 bits per heavy atom. The summed E-state index contributed by atoms with van der Waals surface area (Å²) in [6.45, 7) is 1.97. The number of thiophene rings is 1. The van der Waals surface area contributed by atoms with E-state index in [1.807, 2.05) is 54.1 Å². The van der Waals surface area contributed by atoms with Crippen LogP contribution in [0.4, 0.5) is 10.8 Å². The molecule has 2 heterocycles. The molecule has 3 rings (SSSR count). The maximum Gasteiger partial charge on any atom is 0.236 e. The number of nitrogens with one attached hydrogen (secondary N) is 2. The quantitative estimate of drug-likeness (QED) is 0.610. The minimum absolute atomic E-state index is 0.123. The first-order valence-electron chi connectivity index (χ1n) is 7.83. The summed E-state index contributed by atoms with van der Waals surface area (Å²) in [6, 6.07) is 11.6. The predicted octanol–water partition coefficient (Wildman–Crippen LogP) is 4.49. The Labute approximate surface area is 163 Å². The number of thiazole rings is 1. The highest BCUT2D eigenvalue weighted by Gasteiger charge is 2.10. The maximum atomic E-state index is 12.0. The summed E-state index contributed by atoms with van der Waals surface area (Å²) in [7, 11) is 0. The second kappa shape index (κ2) is 8.98. The number of aryl methyl sites for hydroxylation is 1. The van der Waals surface area contributed by atoms with Crippen LogP contribution in [0.15, 0.2) is 47.2 Å². The van der Waals surface area contributed by atoms with Gasteiger partial charge in [0, 0.05) is 11.1 Å². The number of thioether (sulfide) groups is 1. The molecule has 0 unspecified atom stereocenters. The van der Waals surface area contributed by atoms with Gasteiger partial charge in [-0.2, -0.15) is 0 Å². The number of hydrogen-bond donors (Lipinski definition) is 2. The maximum absolute atomic E-state index is 12.0. The summed E-state index contributed by atoms with van der Waals surface area (Å²) in [6.07, 6.45) is 0. The van der Waals surface area contributed by atoms with Gasteiger partial charge in [0.05, 0.1) is 22.1 Å². The molecule has 2 aromatic heterocycles. The zero-order valence-electron chi connectivity index (χ0n) is 14.0. The van der Waals surface area contributed by atoms with E-state index in [0.29, 0.717) is 5.13 Å². The van der Waals surface area contributed by atoms with E-state index in [-0.39, 0.29) is 23.3 Å². The molecule has 0 bridgehead atoms. The van der Waals surface area contributed by atoms with Crippen LogP contribution in [0.1, 0.15) is 5.56 Å². The molecule has 3 aromatic rings. The molecule has 0 saturated carbocycles. The van der Waals surface area contributed by atoms with Gasteiger partial charge < -0.3 is 10.6 Å². The van der Waals surface area contributed by atoms with Crippen LogP contribution in [-0.2, 0) is 9.59 Å². The summed E-state index contributed by atoms with van der Waals surface area (Å²) >= 11 is 4.28. The highest BCUT2D eigenvalue weighted by Crippen LogP contribution is 2.28. The molecule has 0 atom stereocenters. The summed E-state index contributed by atoms with van der Waals surface area (Å²) in [5, 5.41) is 10.1. The number of hydrogen-bond acceptors (Lipinski definition) is 6. The number of amides is 2. The Morgan fingerprint density at radius 3 is 2.62 bits per heavy atom. The molecule has 2 N–H and O–H groups in total. The zero-order chi connectivity index (χ0) is 18.4. The Kier molecular flexibility index (Phi) is 6.43. The van der Waals surface area contributed by atoms with E-state index in [4.69, 9.17) is 0 Å². The van der Waals surface area contributed by atoms with Crippen molar-refractivity contribution in [3.63, 3.8) is 0 Å². The van der Waals surface area contributed by atoms with E-state index < -0.39 is 0 Å². The van der Waals surface area contributed by atoms with E-state index in [2.05, 4.69) is 15.6 Å². The first-order chi connectivity index (χ1) is 12.6. The lowest BCUT2D eigenvalue weighted by atomic mass is 10.2. The van der Waals surface area contributed by atoms with Crippen LogP contribution >= 0.6 is 34.4 Å². The molecule has 134 valence electrons. The summed E-state index contributed by atoms with van der Waals surface area (Å²) in [5.74, 6) is 0.141. The number of carbonyl (C=O) groups excluding carboxylic acids is 2. The van der Waals surface area contributed by atoms with E-state index in [0.717, 1.165) is 21.8 Å². The lowest BCUT2D eigenvalue weighted by molar-refractivity contribution is -0.114. The summed E-state index contributed by atoms with van der Waals surface area (Å²) in [4.78, 5) is 29.4. The van der Waals surface area contributed by atoms with Crippen LogP contribution in [0.3, 0.4) is 0 Å². The van der Waals surface area contributed by atoms with E-state index in [1.165, 1.54) is 23.1 Å². The fourth-order valence-corrected chi connectivity index (χ4v) is 4.29. The summed E-state index contributed by atoms with van der Waals surface area (Å²) < 4.78 is 0. The molecule has 0 spiro atoms. The van der Waals surface area contributed by atoms with Crippen LogP contribution < -0.4 is 10.6 Å². The van der Waals surface area contributed by atoms with E-state index in [1.54, 1.807) is 11.3 Å². The third-order valence-electron chi connectivity index (χ3n) is 3.29. The molecule has 1 aromatic carbocycles. The smallest absolute Gasteiger partial charge is 0.236 e. The number of rotatable bonds is 7. The third-order valence-corrected chi connectivity index (χ3v) is 5.88. The Balaban J connectivity index is 1.41. The minimum atomic E-state index is -0.162. The van der Waals surface area contributed by atoms with Crippen molar-refractivity contribution in [1.82, 2.24) is 4.98 Å². The molecule has 5 nitrogen and oxygen atoms in total. The van der Waals surface area contributed by atoms with Crippen molar-refractivity contribution < 1.29 is 9.59 Å². The highest BCUT2D eigenvalue weighted by atomic mass is 32.2. The SMILES string of the molecule is Cc1cccc(NC(=O)CSCC(=O)Nc2nc(-c3cccs3)cs2)c1. The van der Waals surface area contributed by atoms with Crippen LogP contribution in [0, 0.1) is 6.92 Å². The monoisotopic (exact) mass is 403 g/mol. The molecule has 8 heteroatoms. The van der Waals surface area contributed by atoms with Crippen LogP contribution in [-0.4, -0.2) is 28.3 Å². The molecule has 0 saturated heterocycles. The second-order valence-electron chi connectivity index (χ2n) is 5.47. The van der Waals surface area contributed by atoms with Crippen LogP contribution in [0.25, 0.3) is 10.6 Å². The van der Waals surface area contributed by atoms with Crippen molar-refractivity contribution in [2.24, 2.45) is 0 Å². The van der Waals surface area contributed by atoms with Crippen molar-refractivity contribution in [3.8, 4) is 10.6 Å². The molecule has 26 heavy (non-hydrogen) atoms. The van der Waals surface area contributed by atoms with Gasteiger partial charge in [0.1, 0.15) is 0 Å². The molecule has 0 aliphatic rings. The lowest BCUT2D eigenvalue weighted by Gasteiger charge is -2.06. The van der Waals surface area contributed by atoms with Crippen molar-refractivity contribution in [1.29, 1.82) is 0 Å². The van der Waals surface area contributed by atoms with E-state index in [9.17, 15) is 9.59 Å². The molecular formula is C18H17N3O2S3. The normalized spacial score (nSPS) is 10.5. The fourth-order valence-electron chi connectivity index (χ4n) is 2.18. The van der Waals surface area contributed by atoms with Gasteiger partial charge in [-0.1, -0.05) is 18.2 Å². The van der Waals surface area contributed by atoms with Gasteiger partial charge >= 0.3 is 0 Å². The van der Waals surface area contributed by atoms with Crippen LogP contribution in [0.5, 0.6) is 0 Å². The average molecular weight is 404 g/mol. The van der Waals surface area contributed by atoms with Crippen LogP contribution in [0.2, 0.25) is 0 Å². The van der Waals surface area contributed by atoms with Crippen molar-refractivity contribution in [3.05, 3.63) is 52.7 Å². The lowest BCUT2D eigenvalue weighted by Crippen LogP contribution is -2.18. The fraction of sp³-hybridized carbons (Fsp3) is 0.167. The van der Waals surface area contributed by atoms with E-state index >= 15 is 0 Å². The molecule has 0 radical (unpaired) electrons. The Hall–Kier alpha value is -2.16. The standard InChI is InChI=1S/C18H17N3O2S3/c1-12-4-2-5-13(8-12)19-16(22)10-24-11-17(23)21-18-20-14(9-26-18)15-6-3-7-25-15/h2-9H,10-11H2,1H3,(H,19,22)(H,20,21,23). The number of anilines is 2. The Morgan fingerprint density at radius 1 is 1.08 bits per heavy atom. The first-order valence-corrected chi connectivity index (χ1v) is 10.7. The van der Waals surface area contributed by atoms with Gasteiger partial charge in [0.15, 0.2) is 5.13 Å². The molecular weight excluding hydrogens is 386 g/mol. The topological polar surface area (TPSA) is 71.1 Å². The van der Waals surface area contributed by atoms with Gasteiger partial charge in [-0.05, 0) is 36.1 Å². The van der Waals surface area contributed by atoms with Gasteiger partial charge in [-0.3, -0.25) is 9.59 Å². The molecule has 0 aliphatic heterocycles. The number of aromatic nitrogens is 1. The number of benzene rings is 1. The molecule has 0 aliphatic carbocycles. The average Bonchev–Trinajstić information content (AvgIpc) is 3.26. The van der Waals surface area contributed by atoms with Crippen molar-refractivity contribution in [2.75, 3.05) is 22.1 Å². The highest BCUT2D eigenvalue weighted by molar-refractivity contribution is 8.00. The third kappa shape index (κ3) is 5.42. The van der Waals surface area contributed by atoms with Crippen molar-refractivity contribution >= 4 is 57.1 Å². The molecule has 0 fully saturated rings. The van der Waals surface area contributed by atoms with Gasteiger partial charge in [-0.25, -0.2) is 4.98 Å². The van der Waals surface area contributed by atoms with Gasteiger partial charge in [0.25, 0.3) is 0 Å². The zero-order valence-corrected chi connectivity index (χ0v) is 16.5. The van der Waals surface area contributed by atoms with Crippen molar-refractivity contribution in [2.45, 2.75) is 6.92 Å². The summed E-state index contributed by atoms with van der Waals surface area (Å²) in [5.41, 5.74) is 2.72. The predicted molar refractivity (Wildman–Crippen MR) is 111 cm³/mol. The van der Waals surface area contributed by atoms with Gasteiger partial charge in [0.2, 0.25) is 11.8 Å².